The maximum Gasteiger partial charge on any atom is 0.255 e. The van der Waals surface area contributed by atoms with E-state index in [9.17, 15) is 4.79 Å². The topological polar surface area (TPSA) is 38.7 Å². The summed E-state index contributed by atoms with van der Waals surface area (Å²) in [7, 11) is 0. The van der Waals surface area contributed by atoms with Crippen LogP contribution < -0.4 is 0 Å². The first-order valence-electron chi connectivity index (χ1n) is 4.74. The van der Waals surface area contributed by atoms with Crippen molar-refractivity contribution >= 4 is 23.3 Å². The molecule has 0 radical (unpaired) electrons. The van der Waals surface area contributed by atoms with E-state index < -0.39 is 5.38 Å². The van der Waals surface area contributed by atoms with Crippen LogP contribution in [0.3, 0.4) is 0 Å². The van der Waals surface area contributed by atoms with Gasteiger partial charge in [-0.2, -0.15) is 0 Å². The first-order valence-corrected chi connectivity index (χ1v) is 5.18. The molecule has 0 aromatic carbocycles. The Morgan fingerprint density at radius 1 is 1.57 bits per heavy atom. The Hall–Kier alpha value is -0.570. The molecule has 1 atom stereocenters. The number of aliphatic imine (C=N–C) groups is 1. The molecule has 0 aromatic heterocycles. The molecular formula is C10H16ClNO2. The average molecular weight is 218 g/mol. The van der Waals surface area contributed by atoms with Gasteiger partial charge in [0.1, 0.15) is 12.0 Å². The summed E-state index contributed by atoms with van der Waals surface area (Å²) in [5, 5.41) is -0.539. The molecule has 1 aliphatic heterocycles. The Bertz CT molecular complexity index is 271. The summed E-state index contributed by atoms with van der Waals surface area (Å²) < 4.78 is 5.22. The van der Waals surface area contributed by atoms with Crippen LogP contribution in [0.5, 0.6) is 0 Å². The molecule has 14 heavy (non-hydrogen) atoms. The summed E-state index contributed by atoms with van der Waals surface area (Å²) in [5.41, 5.74) is -0.293. The van der Waals surface area contributed by atoms with E-state index in [1.165, 1.54) is 0 Å². The normalized spacial score (nSPS) is 21.7. The Morgan fingerprint density at radius 3 is 2.50 bits per heavy atom. The second-order valence-electron chi connectivity index (χ2n) is 4.53. The van der Waals surface area contributed by atoms with Crippen LogP contribution in [0.4, 0.5) is 0 Å². The minimum Gasteiger partial charge on any atom is -0.473 e. The highest BCUT2D eigenvalue weighted by Gasteiger charge is 2.33. The van der Waals surface area contributed by atoms with Crippen LogP contribution in [0, 0.1) is 5.92 Å². The molecule has 80 valence electrons. The van der Waals surface area contributed by atoms with Crippen molar-refractivity contribution in [3.63, 3.8) is 0 Å². The van der Waals surface area contributed by atoms with Crippen molar-refractivity contribution in [1.82, 2.24) is 0 Å². The van der Waals surface area contributed by atoms with Gasteiger partial charge in [0.25, 0.3) is 5.90 Å². The van der Waals surface area contributed by atoms with Gasteiger partial charge in [0.15, 0.2) is 0 Å². The van der Waals surface area contributed by atoms with E-state index in [0.717, 1.165) is 0 Å². The molecule has 1 rings (SSSR count). The van der Waals surface area contributed by atoms with Gasteiger partial charge in [0.05, 0.1) is 5.54 Å². The molecule has 0 N–H and O–H groups in total. The fourth-order valence-corrected chi connectivity index (χ4v) is 1.22. The molecule has 1 aliphatic rings. The number of ketones is 1. The summed E-state index contributed by atoms with van der Waals surface area (Å²) in [4.78, 5) is 15.9. The summed E-state index contributed by atoms with van der Waals surface area (Å²) >= 11 is 5.93. The fourth-order valence-electron chi connectivity index (χ4n) is 1.13. The maximum atomic E-state index is 11.7. The van der Waals surface area contributed by atoms with Crippen LogP contribution in [0.1, 0.15) is 27.7 Å². The second-order valence-corrected chi connectivity index (χ2v) is 5.00. The van der Waals surface area contributed by atoms with E-state index in [1.54, 1.807) is 0 Å². The van der Waals surface area contributed by atoms with Crippen molar-refractivity contribution in [3.05, 3.63) is 0 Å². The number of rotatable bonds is 3. The third kappa shape index (κ3) is 2.47. The molecule has 4 heteroatoms. The largest absolute Gasteiger partial charge is 0.473 e. The van der Waals surface area contributed by atoms with Crippen LogP contribution in [-0.4, -0.2) is 29.2 Å². The zero-order valence-corrected chi connectivity index (χ0v) is 9.76. The molecule has 0 fully saturated rings. The lowest BCUT2D eigenvalue weighted by atomic mass is 10.1. The summed E-state index contributed by atoms with van der Waals surface area (Å²) in [6, 6.07) is 0. The molecule has 0 saturated heterocycles. The van der Waals surface area contributed by atoms with E-state index in [4.69, 9.17) is 16.3 Å². The molecule has 0 bridgehead atoms. The van der Waals surface area contributed by atoms with Crippen LogP contribution in [0.25, 0.3) is 0 Å². The van der Waals surface area contributed by atoms with Crippen molar-refractivity contribution < 1.29 is 9.53 Å². The number of carbonyl (C=O) groups is 1. The molecule has 1 unspecified atom stereocenters. The van der Waals surface area contributed by atoms with Gasteiger partial charge >= 0.3 is 0 Å². The summed E-state index contributed by atoms with van der Waals surface area (Å²) in [5.74, 6) is 0.0788. The van der Waals surface area contributed by atoms with E-state index in [1.807, 2.05) is 27.7 Å². The SMILES string of the molecule is CC(C)C(Cl)C(=O)C1=NC(C)(C)CO1. The number of halogens is 1. The summed E-state index contributed by atoms with van der Waals surface area (Å²) in [6.07, 6.45) is 0. The first kappa shape index (κ1) is 11.5. The van der Waals surface area contributed by atoms with Crippen LogP contribution in [0.2, 0.25) is 0 Å². The highest BCUT2D eigenvalue weighted by Crippen LogP contribution is 2.20. The van der Waals surface area contributed by atoms with Gasteiger partial charge in [0.2, 0.25) is 5.78 Å². The van der Waals surface area contributed by atoms with Crippen molar-refractivity contribution in [2.45, 2.75) is 38.6 Å². The van der Waals surface area contributed by atoms with Gasteiger partial charge in [-0.05, 0) is 19.8 Å². The van der Waals surface area contributed by atoms with Gasteiger partial charge < -0.3 is 4.74 Å². The van der Waals surface area contributed by atoms with Gasteiger partial charge in [-0.25, -0.2) is 4.99 Å². The lowest BCUT2D eigenvalue weighted by molar-refractivity contribution is -0.114. The molecule has 1 heterocycles. The maximum absolute atomic E-state index is 11.7. The standard InChI is InChI=1S/C10H16ClNO2/c1-6(2)7(11)8(13)9-12-10(3,4)5-14-9/h6-7H,5H2,1-4H3. The zero-order chi connectivity index (χ0) is 10.9. The Morgan fingerprint density at radius 2 is 2.14 bits per heavy atom. The predicted molar refractivity (Wildman–Crippen MR) is 57.0 cm³/mol. The van der Waals surface area contributed by atoms with Crippen molar-refractivity contribution in [1.29, 1.82) is 0 Å². The van der Waals surface area contributed by atoms with Crippen LogP contribution in [0.15, 0.2) is 4.99 Å². The Kier molecular flexibility index (Phi) is 3.20. The molecule has 0 aliphatic carbocycles. The monoisotopic (exact) mass is 217 g/mol. The quantitative estimate of drug-likeness (QED) is 0.679. The van der Waals surface area contributed by atoms with Gasteiger partial charge in [-0.3, -0.25) is 4.79 Å². The lowest BCUT2D eigenvalue weighted by Crippen LogP contribution is -2.28. The minimum atomic E-state index is -0.539. The fraction of sp³-hybridized carbons (Fsp3) is 0.800. The first-order chi connectivity index (χ1) is 6.33. The highest BCUT2D eigenvalue weighted by atomic mass is 35.5. The zero-order valence-electron chi connectivity index (χ0n) is 9.00. The van der Waals surface area contributed by atoms with E-state index in [2.05, 4.69) is 4.99 Å². The van der Waals surface area contributed by atoms with Crippen molar-refractivity contribution in [3.8, 4) is 0 Å². The molecule has 3 nitrogen and oxygen atoms in total. The number of ether oxygens (including phenoxy) is 1. The number of nitrogens with zero attached hydrogens (tertiary/aromatic N) is 1. The smallest absolute Gasteiger partial charge is 0.255 e. The third-order valence-corrected chi connectivity index (χ3v) is 2.72. The Balaban J connectivity index is 2.73. The number of Topliss-reactive ketones (excluding diaryl/α,β-unsaturated/α-hetero) is 1. The number of hydrogen-bond donors (Lipinski definition) is 0. The van der Waals surface area contributed by atoms with Gasteiger partial charge in [-0.15, -0.1) is 11.6 Å². The van der Waals surface area contributed by atoms with Gasteiger partial charge in [0, 0.05) is 0 Å². The minimum absolute atomic E-state index is 0.0965. The van der Waals surface area contributed by atoms with Crippen molar-refractivity contribution in [2.75, 3.05) is 6.61 Å². The predicted octanol–water partition coefficient (Wildman–Crippen LogP) is 2.03. The van der Waals surface area contributed by atoms with Gasteiger partial charge in [-0.1, -0.05) is 13.8 Å². The summed E-state index contributed by atoms with van der Waals surface area (Å²) in [6.45, 7) is 8.10. The Labute approximate surface area is 89.5 Å². The molecular weight excluding hydrogens is 202 g/mol. The molecule has 0 aromatic rings. The lowest BCUT2D eigenvalue weighted by Gasteiger charge is -2.10. The molecule has 0 spiro atoms. The van der Waals surface area contributed by atoms with Crippen molar-refractivity contribution in [2.24, 2.45) is 10.9 Å². The molecule has 0 saturated carbocycles. The second kappa shape index (κ2) is 3.89. The molecule has 0 amide bonds. The van der Waals surface area contributed by atoms with E-state index in [0.29, 0.717) is 6.61 Å². The van der Waals surface area contributed by atoms with Crippen LogP contribution >= 0.6 is 11.6 Å². The number of alkyl halides is 1. The van der Waals surface area contributed by atoms with E-state index >= 15 is 0 Å². The third-order valence-electron chi connectivity index (χ3n) is 2.01. The van der Waals surface area contributed by atoms with E-state index in [-0.39, 0.29) is 23.1 Å². The van der Waals surface area contributed by atoms with Crippen LogP contribution in [-0.2, 0) is 9.53 Å². The number of hydrogen-bond acceptors (Lipinski definition) is 3. The average Bonchev–Trinajstić information content (AvgIpc) is 2.43. The highest BCUT2D eigenvalue weighted by molar-refractivity contribution is 6.49. The number of carbonyl (C=O) groups excluding carboxylic acids is 1.